The van der Waals surface area contributed by atoms with Crippen LogP contribution in [0.1, 0.15) is 31.4 Å². The molecule has 2 amide bonds. The maximum absolute atomic E-state index is 12.1. The van der Waals surface area contributed by atoms with E-state index >= 15 is 0 Å². The van der Waals surface area contributed by atoms with Crippen LogP contribution in [0, 0.1) is 5.92 Å². The van der Waals surface area contributed by atoms with Crippen molar-refractivity contribution in [2.75, 3.05) is 6.54 Å². The van der Waals surface area contributed by atoms with E-state index in [9.17, 15) is 9.59 Å². The molecular formula is C14H17BrN2O2. The minimum absolute atomic E-state index is 0.00965. The summed E-state index contributed by atoms with van der Waals surface area (Å²) in [6, 6.07) is 7.85. The van der Waals surface area contributed by atoms with Crippen molar-refractivity contribution >= 4 is 27.7 Å². The average molecular weight is 325 g/mol. The minimum Gasteiger partial charge on any atom is -0.355 e. The third-order valence-corrected chi connectivity index (χ3v) is 3.89. The highest BCUT2D eigenvalue weighted by Crippen LogP contribution is 2.18. The third kappa shape index (κ3) is 3.80. The van der Waals surface area contributed by atoms with Gasteiger partial charge in [0.15, 0.2) is 0 Å². The minimum atomic E-state index is -0.115. The smallest absolute Gasteiger partial charge is 0.225 e. The fraction of sp³-hybridized carbons (Fsp3) is 0.429. The van der Waals surface area contributed by atoms with Gasteiger partial charge in [0, 0.05) is 17.4 Å². The molecule has 1 aliphatic rings. The number of nitrogens with one attached hydrogen (secondary N) is 2. The fourth-order valence-electron chi connectivity index (χ4n) is 2.12. The summed E-state index contributed by atoms with van der Waals surface area (Å²) in [6.45, 7) is 2.40. The Balaban J connectivity index is 1.91. The monoisotopic (exact) mass is 324 g/mol. The van der Waals surface area contributed by atoms with Crippen LogP contribution in [0.15, 0.2) is 28.7 Å². The Hall–Kier alpha value is -1.36. The van der Waals surface area contributed by atoms with Crippen LogP contribution in [0.5, 0.6) is 0 Å². The quantitative estimate of drug-likeness (QED) is 0.895. The van der Waals surface area contributed by atoms with Crippen LogP contribution in [0.4, 0.5) is 0 Å². The summed E-state index contributed by atoms with van der Waals surface area (Å²) in [4.78, 5) is 23.1. The summed E-state index contributed by atoms with van der Waals surface area (Å²) in [5.74, 6) is -0.0731. The van der Waals surface area contributed by atoms with E-state index in [2.05, 4.69) is 26.6 Å². The Morgan fingerprint density at radius 3 is 2.68 bits per heavy atom. The number of amides is 2. The zero-order chi connectivity index (χ0) is 13.8. The van der Waals surface area contributed by atoms with Crippen molar-refractivity contribution in [3.8, 4) is 0 Å². The number of rotatable bonds is 3. The van der Waals surface area contributed by atoms with Crippen LogP contribution in [0.2, 0.25) is 0 Å². The van der Waals surface area contributed by atoms with E-state index < -0.39 is 0 Å². The zero-order valence-electron chi connectivity index (χ0n) is 10.8. The van der Waals surface area contributed by atoms with Gasteiger partial charge in [-0.2, -0.15) is 0 Å². The summed E-state index contributed by atoms with van der Waals surface area (Å²) in [6.07, 6.45) is 1.06. The number of hydrogen-bond acceptors (Lipinski definition) is 2. The number of carbonyl (C=O) groups is 2. The molecule has 0 radical (unpaired) electrons. The van der Waals surface area contributed by atoms with E-state index in [0.717, 1.165) is 10.0 Å². The molecule has 1 aliphatic heterocycles. The highest BCUT2D eigenvalue weighted by Gasteiger charge is 2.25. The SMILES string of the molecule is C[C@H](NC(=O)C1CCC(=O)NC1)c1ccc(Br)cc1. The Morgan fingerprint density at radius 1 is 1.42 bits per heavy atom. The van der Waals surface area contributed by atoms with E-state index in [1.54, 1.807) is 0 Å². The van der Waals surface area contributed by atoms with Crippen LogP contribution in [0.25, 0.3) is 0 Å². The third-order valence-electron chi connectivity index (χ3n) is 3.37. The van der Waals surface area contributed by atoms with Crippen molar-refractivity contribution in [2.45, 2.75) is 25.8 Å². The van der Waals surface area contributed by atoms with Crippen molar-refractivity contribution in [1.29, 1.82) is 0 Å². The summed E-state index contributed by atoms with van der Waals surface area (Å²) in [5, 5.41) is 5.72. The molecule has 1 aromatic carbocycles. The molecule has 1 heterocycles. The Morgan fingerprint density at radius 2 is 2.11 bits per heavy atom. The fourth-order valence-corrected chi connectivity index (χ4v) is 2.39. The molecule has 0 bridgehead atoms. The van der Waals surface area contributed by atoms with Crippen molar-refractivity contribution in [2.24, 2.45) is 5.92 Å². The summed E-state index contributed by atoms with van der Waals surface area (Å²) < 4.78 is 1.02. The van der Waals surface area contributed by atoms with Gasteiger partial charge in [0.2, 0.25) is 11.8 Å². The van der Waals surface area contributed by atoms with E-state index in [1.807, 2.05) is 31.2 Å². The van der Waals surface area contributed by atoms with E-state index in [4.69, 9.17) is 0 Å². The molecule has 1 saturated heterocycles. The molecule has 2 N–H and O–H groups in total. The number of carbonyl (C=O) groups excluding carboxylic acids is 2. The van der Waals surface area contributed by atoms with Crippen molar-refractivity contribution in [1.82, 2.24) is 10.6 Å². The Kier molecular flexibility index (Phi) is 4.58. The summed E-state index contributed by atoms with van der Waals surface area (Å²) in [7, 11) is 0. The molecule has 19 heavy (non-hydrogen) atoms. The normalized spacial score (nSPS) is 20.5. The highest BCUT2D eigenvalue weighted by molar-refractivity contribution is 9.10. The Labute approximate surface area is 121 Å². The van der Waals surface area contributed by atoms with Crippen molar-refractivity contribution < 1.29 is 9.59 Å². The molecule has 2 atom stereocenters. The van der Waals surface area contributed by atoms with Gasteiger partial charge < -0.3 is 10.6 Å². The van der Waals surface area contributed by atoms with E-state index in [0.29, 0.717) is 19.4 Å². The molecule has 1 unspecified atom stereocenters. The first-order valence-electron chi connectivity index (χ1n) is 6.39. The predicted molar refractivity (Wildman–Crippen MR) is 76.4 cm³/mol. The molecule has 4 nitrogen and oxygen atoms in total. The van der Waals surface area contributed by atoms with Crippen LogP contribution >= 0.6 is 15.9 Å². The molecular weight excluding hydrogens is 308 g/mol. The number of hydrogen-bond donors (Lipinski definition) is 2. The Bertz CT molecular complexity index is 463. The van der Waals surface area contributed by atoms with E-state index in [1.165, 1.54) is 0 Å². The van der Waals surface area contributed by atoms with Crippen molar-refractivity contribution in [3.63, 3.8) is 0 Å². The van der Waals surface area contributed by atoms with Gasteiger partial charge in [-0.1, -0.05) is 28.1 Å². The number of benzene rings is 1. The standard InChI is InChI=1S/C14H17BrN2O2/c1-9(10-2-5-12(15)6-3-10)17-14(19)11-4-7-13(18)16-8-11/h2-3,5-6,9,11H,4,7-8H2,1H3,(H,16,18)(H,17,19)/t9-,11?/m0/s1. The lowest BCUT2D eigenvalue weighted by Gasteiger charge is -2.24. The van der Waals surface area contributed by atoms with Gasteiger partial charge in [-0.15, -0.1) is 0 Å². The molecule has 0 spiro atoms. The maximum Gasteiger partial charge on any atom is 0.225 e. The van der Waals surface area contributed by atoms with Gasteiger partial charge in [-0.05, 0) is 31.0 Å². The van der Waals surface area contributed by atoms with Gasteiger partial charge in [0.05, 0.1) is 12.0 Å². The first kappa shape index (κ1) is 14.1. The van der Waals surface area contributed by atoms with Crippen LogP contribution in [-0.4, -0.2) is 18.4 Å². The second-order valence-electron chi connectivity index (χ2n) is 4.82. The van der Waals surface area contributed by atoms with Gasteiger partial charge >= 0.3 is 0 Å². The second kappa shape index (κ2) is 6.19. The zero-order valence-corrected chi connectivity index (χ0v) is 12.4. The van der Waals surface area contributed by atoms with Gasteiger partial charge in [-0.3, -0.25) is 9.59 Å². The first-order chi connectivity index (χ1) is 9.06. The van der Waals surface area contributed by atoms with Crippen LogP contribution in [-0.2, 0) is 9.59 Å². The lowest BCUT2D eigenvalue weighted by molar-refractivity contribution is -0.129. The highest BCUT2D eigenvalue weighted by atomic mass is 79.9. The molecule has 1 fully saturated rings. The maximum atomic E-state index is 12.1. The molecule has 0 aromatic heterocycles. The largest absolute Gasteiger partial charge is 0.355 e. The molecule has 0 aliphatic carbocycles. The number of piperidine rings is 1. The lowest BCUT2D eigenvalue weighted by Crippen LogP contribution is -2.43. The van der Waals surface area contributed by atoms with Gasteiger partial charge in [0.1, 0.15) is 0 Å². The average Bonchev–Trinajstić information content (AvgIpc) is 2.40. The van der Waals surface area contributed by atoms with Crippen molar-refractivity contribution in [3.05, 3.63) is 34.3 Å². The second-order valence-corrected chi connectivity index (χ2v) is 5.74. The molecule has 1 aromatic rings. The van der Waals surface area contributed by atoms with E-state index in [-0.39, 0.29) is 23.8 Å². The van der Waals surface area contributed by atoms with Crippen LogP contribution < -0.4 is 10.6 Å². The first-order valence-corrected chi connectivity index (χ1v) is 7.18. The van der Waals surface area contributed by atoms with Crippen LogP contribution in [0.3, 0.4) is 0 Å². The van der Waals surface area contributed by atoms with Gasteiger partial charge in [0.25, 0.3) is 0 Å². The summed E-state index contributed by atoms with van der Waals surface area (Å²) >= 11 is 3.39. The summed E-state index contributed by atoms with van der Waals surface area (Å²) in [5.41, 5.74) is 1.07. The van der Waals surface area contributed by atoms with Gasteiger partial charge in [-0.25, -0.2) is 0 Å². The molecule has 2 rings (SSSR count). The predicted octanol–water partition coefficient (Wildman–Crippen LogP) is 2.15. The molecule has 0 saturated carbocycles. The topological polar surface area (TPSA) is 58.2 Å². The molecule has 5 heteroatoms. The number of halogens is 1. The lowest BCUT2D eigenvalue weighted by atomic mass is 9.97. The molecule has 102 valence electrons.